The molecule has 31 heavy (non-hydrogen) atoms. The monoisotopic (exact) mass is 437 g/mol. The van der Waals surface area contributed by atoms with E-state index in [9.17, 15) is 0 Å². The van der Waals surface area contributed by atoms with Crippen LogP contribution in [-0.2, 0) is 0 Å². The molecule has 0 heteroatoms. The third kappa shape index (κ3) is 21.6. The minimum absolute atomic E-state index is 0.863. The maximum atomic E-state index is 2.50. The molecule has 0 aliphatic heterocycles. The van der Waals surface area contributed by atoms with Gasteiger partial charge in [-0.15, -0.1) is 0 Å². The molecule has 0 fully saturated rings. The van der Waals surface area contributed by atoms with Crippen LogP contribution in [0.3, 0.4) is 0 Å². The van der Waals surface area contributed by atoms with Crippen LogP contribution < -0.4 is 0 Å². The molecular formula is C31H64. The number of rotatable bonds is 24. The molecule has 188 valence electrons. The lowest BCUT2D eigenvalue weighted by molar-refractivity contribution is 0.322. The average molecular weight is 437 g/mol. The summed E-state index contributed by atoms with van der Waals surface area (Å²) >= 11 is 0. The third-order valence-corrected chi connectivity index (χ3v) is 8.19. The first-order valence-electron chi connectivity index (χ1n) is 15.0. The van der Waals surface area contributed by atoms with Crippen LogP contribution >= 0.6 is 0 Å². The molecule has 0 nitrogen and oxygen atoms in total. The van der Waals surface area contributed by atoms with Gasteiger partial charge in [-0.05, 0) is 23.7 Å². The Morgan fingerprint density at radius 1 is 0.323 bits per heavy atom. The fraction of sp³-hybridized carbons (Fsp3) is 1.00. The SMILES string of the molecule is CCCCCCCC(C)C(C)CCCCCCCCCCCCCCCC(C)C(C)C. The second-order valence-corrected chi connectivity index (χ2v) is 11.6. The third-order valence-electron chi connectivity index (χ3n) is 8.19. The predicted octanol–water partition coefficient (Wildman–Crippen LogP) is 11.8. The highest BCUT2D eigenvalue weighted by atomic mass is 14.2. The van der Waals surface area contributed by atoms with Crippen molar-refractivity contribution in [3.63, 3.8) is 0 Å². The summed E-state index contributed by atoms with van der Waals surface area (Å²) in [5.74, 6) is 3.65. The Kier molecular flexibility index (Phi) is 23.2. The predicted molar refractivity (Wildman–Crippen MR) is 145 cm³/mol. The molecule has 0 saturated heterocycles. The molecule has 0 N–H and O–H groups in total. The lowest BCUT2D eigenvalue weighted by Gasteiger charge is -2.19. The Bertz CT molecular complexity index is 331. The lowest BCUT2D eigenvalue weighted by atomic mass is 9.86. The fourth-order valence-corrected chi connectivity index (χ4v) is 4.85. The molecule has 0 aliphatic rings. The summed E-state index contributed by atoms with van der Waals surface area (Å²) in [5, 5.41) is 0. The van der Waals surface area contributed by atoms with E-state index in [1.807, 2.05) is 0 Å². The van der Waals surface area contributed by atoms with E-state index in [4.69, 9.17) is 0 Å². The first-order valence-corrected chi connectivity index (χ1v) is 15.0. The van der Waals surface area contributed by atoms with Crippen LogP contribution in [0, 0.1) is 23.7 Å². The second kappa shape index (κ2) is 23.2. The molecule has 0 radical (unpaired) electrons. The van der Waals surface area contributed by atoms with E-state index in [1.54, 1.807) is 0 Å². The van der Waals surface area contributed by atoms with Gasteiger partial charge in [0.2, 0.25) is 0 Å². The van der Waals surface area contributed by atoms with Gasteiger partial charge in [0.05, 0.1) is 0 Å². The molecule has 0 bridgehead atoms. The standard InChI is InChI=1S/C31H64/c1-7-8-9-19-23-26-30(5)31(6)27-24-21-18-16-14-12-10-11-13-15-17-20-22-25-29(4)28(2)3/h28-31H,7-27H2,1-6H3. The van der Waals surface area contributed by atoms with Gasteiger partial charge < -0.3 is 0 Å². The topological polar surface area (TPSA) is 0 Å². The minimum Gasteiger partial charge on any atom is -0.0654 e. The van der Waals surface area contributed by atoms with E-state index in [2.05, 4.69) is 41.5 Å². The molecule has 0 aromatic carbocycles. The van der Waals surface area contributed by atoms with Crippen LogP contribution in [0.2, 0.25) is 0 Å². The number of hydrogen-bond acceptors (Lipinski definition) is 0. The smallest absolute Gasteiger partial charge is 0.0417 e. The van der Waals surface area contributed by atoms with Gasteiger partial charge in [-0.25, -0.2) is 0 Å². The molecule has 0 rings (SSSR count). The van der Waals surface area contributed by atoms with Crippen molar-refractivity contribution >= 4 is 0 Å². The molecule has 0 spiro atoms. The molecule has 3 unspecified atom stereocenters. The van der Waals surface area contributed by atoms with Crippen LogP contribution in [0.25, 0.3) is 0 Å². The largest absolute Gasteiger partial charge is 0.0654 e. The van der Waals surface area contributed by atoms with Crippen molar-refractivity contribution < 1.29 is 0 Å². The van der Waals surface area contributed by atoms with E-state index in [-0.39, 0.29) is 0 Å². The molecule has 0 saturated carbocycles. The summed E-state index contributed by atoms with van der Waals surface area (Å²) in [4.78, 5) is 0. The maximum absolute atomic E-state index is 2.50. The van der Waals surface area contributed by atoms with Crippen molar-refractivity contribution in [1.82, 2.24) is 0 Å². The zero-order chi connectivity index (χ0) is 23.2. The summed E-state index contributed by atoms with van der Waals surface area (Å²) in [6, 6.07) is 0. The van der Waals surface area contributed by atoms with Crippen LogP contribution in [0.15, 0.2) is 0 Å². The zero-order valence-electron chi connectivity index (χ0n) is 23.2. The second-order valence-electron chi connectivity index (χ2n) is 11.6. The van der Waals surface area contributed by atoms with Gasteiger partial charge in [0.25, 0.3) is 0 Å². The van der Waals surface area contributed by atoms with E-state index in [0.717, 1.165) is 23.7 Å². The van der Waals surface area contributed by atoms with Crippen LogP contribution in [0.1, 0.15) is 176 Å². The first-order chi connectivity index (χ1) is 15.0. The van der Waals surface area contributed by atoms with Gasteiger partial charge in [-0.3, -0.25) is 0 Å². The normalized spacial score (nSPS) is 14.8. The van der Waals surface area contributed by atoms with E-state index < -0.39 is 0 Å². The van der Waals surface area contributed by atoms with Crippen molar-refractivity contribution in [3.8, 4) is 0 Å². The van der Waals surface area contributed by atoms with E-state index >= 15 is 0 Å². The van der Waals surface area contributed by atoms with Crippen molar-refractivity contribution in [2.24, 2.45) is 23.7 Å². The first kappa shape index (κ1) is 31.0. The minimum atomic E-state index is 0.863. The summed E-state index contributed by atoms with van der Waals surface area (Å²) in [6.45, 7) is 14.5. The zero-order valence-corrected chi connectivity index (χ0v) is 23.2. The Balaban J connectivity index is 3.27. The van der Waals surface area contributed by atoms with Crippen LogP contribution in [-0.4, -0.2) is 0 Å². The molecule has 0 aromatic heterocycles. The van der Waals surface area contributed by atoms with Crippen molar-refractivity contribution in [1.29, 1.82) is 0 Å². The number of unbranched alkanes of at least 4 members (excludes halogenated alkanes) is 16. The summed E-state index contributed by atoms with van der Waals surface area (Å²) < 4.78 is 0. The highest BCUT2D eigenvalue weighted by Gasteiger charge is 2.11. The van der Waals surface area contributed by atoms with E-state index in [1.165, 1.54) is 135 Å². The Morgan fingerprint density at radius 3 is 0.871 bits per heavy atom. The van der Waals surface area contributed by atoms with Crippen LogP contribution in [0.4, 0.5) is 0 Å². The van der Waals surface area contributed by atoms with Gasteiger partial charge in [0.1, 0.15) is 0 Å². The Hall–Kier alpha value is 0. The van der Waals surface area contributed by atoms with Crippen molar-refractivity contribution in [2.75, 3.05) is 0 Å². The summed E-state index contributed by atoms with van der Waals surface area (Å²) in [7, 11) is 0. The highest BCUT2D eigenvalue weighted by molar-refractivity contribution is 4.63. The van der Waals surface area contributed by atoms with E-state index in [0.29, 0.717) is 0 Å². The molecule has 0 aliphatic carbocycles. The van der Waals surface area contributed by atoms with Crippen LogP contribution in [0.5, 0.6) is 0 Å². The van der Waals surface area contributed by atoms with Crippen molar-refractivity contribution in [2.45, 2.75) is 176 Å². The van der Waals surface area contributed by atoms with Gasteiger partial charge >= 0.3 is 0 Å². The molecular weight excluding hydrogens is 372 g/mol. The molecule has 0 amide bonds. The Morgan fingerprint density at radius 2 is 0.581 bits per heavy atom. The van der Waals surface area contributed by atoms with Gasteiger partial charge in [-0.2, -0.15) is 0 Å². The highest BCUT2D eigenvalue weighted by Crippen LogP contribution is 2.24. The van der Waals surface area contributed by atoms with Gasteiger partial charge in [0.15, 0.2) is 0 Å². The van der Waals surface area contributed by atoms with Gasteiger partial charge in [-0.1, -0.05) is 176 Å². The summed E-state index contributed by atoms with van der Waals surface area (Å²) in [6.07, 6.45) is 30.7. The maximum Gasteiger partial charge on any atom is -0.0417 e. The molecule has 0 heterocycles. The molecule has 3 atom stereocenters. The Labute approximate surface area is 200 Å². The fourth-order valence-electron chi connectivity index (χ4n) is 4.85. The quantitative estimate of drug-likeness (QED) is 0.132. The number of hydrogen-bond donors (Lipinski definition) is 0. The summed E-state index contributed by atoms with van der Waals surface area (Å²) in [5.41, 5.74) is 0. The average Bonchev–Trinajstić information content (AvgIpc) is 2.75. The molecule has 0 aromatic rings. The lowest BCUT2D eigenvalue weighted by Crippen LogP contribution is -2.08. The van der Waals surface area contributed by atoms with Gasteiger partial charge in [0, 0.05) is 0 Å². The van der Waals surface area contributed by atoms with Crippen molar-refractivity contribution in [3.05, 3.63) is 0 Å².